The Bertz CT molecular complexity index is 1750. The molecule has 3 heterocycles. The molecule has 0 fully saturated rings. The number of fused-ring (bicyclic) bond motifs is 2. The second-order valence-corrected chi connectivity index (χ2v) is 10.4. The largest absolute Gasteiger partial charge is 0.489 e. The van der Waals surface area contributed by atoms with Crippen molar-refractivity contribution in [1.29, 1.82) is 0 Å². The number of alkyl halides is 4. The Labute approximate surface area is 246 Å². The number of benzene rings is 2. The van der Waals surface area contributed by atoms with E-state index in [1.807, 2.05) is 0 Å². The standard InChI is InChI=1S/C30H25F5N4O5/c1-28(27(36)41)15-44-25-20(28)13-22(39-24(25)16-4-6-19(32)7-5-16)29(42,30(33,34)35)14-38-26(40)18-11-17-3-2-9-37-23(17)21(12-18)43-10-8-31/h2-7,9,11-13,42H,8,10,14-15H2,1H3,(H2,36,41)(H,38,40)/t28-,29?/m0/s1. The summed E-state index contributed by atoms with van der Waals surface area (Å²) >= 11 is 0. The minimum Gasteiger partial charge on any atom is -0.489 e. The van der Waals surface area contributed by atoms with Crippen molar-refractivity contribution in [2.45, 2.75) is 24.1 Å². The van der Waals surface area contributed by atoms with E-state index in [1.54, 1.807) is 12.1 Å². The number of aromatic nitrogens is 2. The van der Waals surface area contributed by atoms with Gasteiger partial charge < -0.3 is 25.6 Å². The van der Waals surface area contributed by atoms with Crippen LogP contribution in [-0.2, 0) is 15.8 Å². The third-order valence-electron chi connectivity index (χ3n) is 7.40. The Morgan fingerprint density at radius 1 is 1.16 bits per heavy atom. The van der Waals surface area contributed by atoms with E-state index in [2.05, 4.69) is 15.3 Å². The van der Waals surface area contributed by atoms with Crippen LogP contribution in [0.1, 0.15) is 28.5 Å². The molecule has 14 heteroatoms. The van der Waals surface area contributed by atoms with Crippen LogP contribution in [0, 0.1) is 5.82 Å². The highest BCUT2D eigenvalue weighted by molar-refractivity contribution is 6.00. The predicted molar refractivity (Wildman–Crippen MR) is 147 cm³/mol. The number of primary amides is 1. The lowest BCUT2D eigenvalue weighted by Crippen LogP contribution is -2.51. The van der Waals surface area contributed by atoms with Crippen LogP contribution >= 0.6 is 0 Å². The summed E-state index contributed by atoms with van der Waals surface area (Å²) < 4.78 is 81.4. The molecule has 9 nitrogen and oxygen atoms in total. The normalized spacial score (nSPS) is 17.4. The molecule has 44 heavy (non-hydrogen) atoms. The fourth-order valence-electron chi connectivity index (χ4n) is 4.80. The zero-order valence-corrected chi connectivity index (χ0v) is 23.0. The molecule has 0 saturated carbocycles. The topological polar surface area (TPSA) is 137 Å². The summed E-state index contributed by atoms with van der Waals surface area (Å²) in [5.74, 6) is -2.57. The van der Waals surface area contributed by atoms with Gasteiger partial charge in [-0.1, -0.05) is 6.07 Å². The average Bonchev–Trinajstić information content (AvgIpc) is 3.35. The number of nitrogens with one attached hydrogen (secondary N) is 1. The van der Waals surface area contributed by atoms with Crippen molar-refractivity contribution in [2.75, 3.05) is 26.4 Å². The first-order valence-electron chi connectivity index (χ1n) is 13.2. The number of aliphatic hydroxyl groups is 1. The molecule has 0 saturated heterocycles. The molecule has 4 N–H and O–H groups in total. The number of nitrogens with zero attached hydrogens (tertiary/aromatic N) is 2. The van der Waals surface area contributed by atoms with Gasteiger partial charge in [0.2, 0.25) is 11.5 Å². The minimum atomic E-state index is -5.40. The van der Waals surface area contributed by atoms with E-state index in [0.717, 1.165) is 18.2 Å². The lowest BCUT2D eigenvalue weighted by molar-refractivity contribution is -0.265. The van der Waals surface area contributed by atoms with Gasteiger partial charge in [0.15, 0.2) is 0 Å². The number of ether oxygens (including phenoxy) is 2. The van der Waals surface area contributed by atoms with Gasteiger partial charge in [-0.05, 0) is 55.5 Å². The Hall–Kier alpha value is -4.85. The molecule has 1 aliphatic heterocycles. The van der Waals surface area contributed by atoms with Crippen molar-refractivity contribution in [2.24, 2.45) is 5.73 Å². The van der Waals surface area contributed by atoms with Gasteiger partial charge in [-0.2, -0.15) is 13.2 Å². The summed E-state index contributed by atoms with van der Waals surface area (Å²) in [5.41, 5.74) is -0.726. The second kappa shape index (κ2) is 11.3. The molecule has 2 amide bonds. The molecule has 1 aliphatic rings. The highest BCUT2D eigenvalue weighted by Gasteiger charge is 2.57. The Morgan fingerprint density at radius 2 is 1.89 bits per heavy atom. The Morgan fingerprint density at radius 3 is 2.55 bits per heavy atom. The fourth-order valence-corrected chi connectivity index (χ4v) is 4.80. The van der Waals surface area contributed by atoms with Gasteiger partial charge in [-0.15, -0.1) is 0 Å². The summed E-state index contributed by atoms with van der Waals surface area (Å²) in [6.45, 7) is -1.54. The second-order valence-electron chi connectivity index (χ2n) is 10.4. The molecule has 230 valence electrons. The molecule has 2 aromatic heterocycles. The quantitative estimate of drug-likeness (QED) is 0.241. The van der Waals surface area contributed by atoms with Crippen LogP contribution < -0.4 is 20.5 Å². The maximum Gasteiger partial charge on any atom is 0.424 e. The van der Waals surface area contributed by atoms with E-state index in [9.17, 15) is 36.6 Å². The highest BCUT2D eigenvalue weighted by Crippen LogP contribution is 2.47. The van der Waals surface area contributed by atoms with Crippen molar-refractivity contribution in [3.63, 3.8) is 0 Å². The van der Waals surface area contributed by atoms with Gasteiger partial charge in [-0.25, -0.2) is 13.8 Å². The molecule has 0 aliphatic carbocycles. The minimum absolute atomic E-state index is 0.0342. The maximum absolute atomic E-state index is 14.7. The van der Waals surface area contributed by atoms with E-state index in [-0.39, 0.29) is 47.1 Å². The molecule has 1 unspecified atom stereocenters. The van der Waals surface area contributed by atoms with E-state index < -0.39 is 53.7 Å². The molecular formula is C30H25F5N4O5. The number of pyridine rings is 2. The fraction of sp³-hybridized carbons (Fsp3) is 0.267. The van der Waals surface area contributed by atoms with E-state index in [0.29, 0.717) is 10.9 Å². The van der Waals surface area contributed by atoms with E-state index >= 15 is 0 Å². The molecule has 4 aromatic rings. The van der Waals surface area contributed by atoms with Crippen LogP contribution in [0.3, 0.4) is 0 Å². The van der Waals surface area contributed by atoms with Crippen LogP contribution in [0.4, 0.5) is 22.0 Å². The Kier molecular flexibility index (Phi) is 7.88. The van der Waals surface area contributed by atoms with Crippen LogP contribution in [0.25, 0.3) is 22.2 Å². The third kappa shape index (κ3) is 5.36. The van der Waals surface area contributed by atoms with E-state index in [4.69, 9.17) is 15.2 Å². The summed E-state index contributed by atoms with van der Waals surface area (Å²) in [4.78, 5) is 33.7. The predicted octanol–water partition coefficient (Wildman–Crippen LogP) is 4.10. The van der Waals surface area contributed by atoms with Crippen molar-refractivity contribution in [3.8, 4) is 22.8 Å². The van der Waals surface area contributed by atoms with Gasteiger partial charge in [-0.3, -0.25) is 14.6 Å². The molecule has 5 rings (SSSR count). The first kappa shape index (κ1) is 30.6. The zero-order chi connectivity index (χ0) is 31.9. The summed E-state index contributed by atoms with van der Waals surface area (Å²) in [7, 11) is 0. The zero-order valence-electron chi connectivity index (χ0n) is 23.0. The first-order valence-corrected chi connectivity index (χ1v) is 13.2. The van der Waals surface area contributed by atoms with Crippen LogP contribution in [0.15, 0.2) is 60.8 Å². The van der Waals surface area contributed by atoms with Crippen molar-refractivity contribution in [3.05, 3.63) is 83.4 Å². The molecule has 2 aromatic carbocycles. The third-order valence-corrected chi connectivity index (χ3v) is 7.40. The van der Waals surface area contributed by atoms with E-state index in [1.165, 1.54) is 37.4 Å². The molecular weight excluding hydrogens is 591 g/mol. The number of carbonyl (C=O) groups excluding carboxylic acids is 2. The number of hydrogen-bond acceptors (Lipinski definition) is 7. The highest BCUT2D eigenvalue weighted by atomic mass is 19.4. The monoisotopic (exact) mass is 616 g/mol. The molecule has 0 spiro atoms. The average molecular weight is 617 g/mol. The summed E-state index contributed by atoms with van der Waals surface area (Å²) in [6.07, 6.45) is -3.95. The smallest absolute Gasteiger partial charge is 0.424 e. The number of nitrogens with two attached hydrogens (primary N) is 1. The number of carbonyl (C=O) groups is 2. The number of hydrogen-bond donors (Lipinski definition) is 3. The van der Waals surface area contributed by atoms with Gasteiger partial charge in [0.05, 0.1) is 12.2 Å². The lowest BCUT2D eigenvalue weighted by Gasteiger charge is -2.31. The molecule has 2 atom stereocenters. The first-order chi connectivity index (χ1) is 20.8. The van der Waals surface area contributed by atoms with Crippen molar-refractivity contribution in [1.82, 2.24) is 15.3 Å². The van der Waals surface area contributed by atoms with Crippen molar-refractivity contribution < 1.29 is 46.1 Å². The van der Waals surface area contributed by atoms with Gasteiger partial charge in [0.1, 0.15) is 53.8 Å². The number of amides is 2. The number of halogens is 5. The van der Waals surface area contributed by atoms with Gasteiger partial charge >= 0.3 is 6.18 Å². The Balaban J connectivity index is 1.57. The lowest BCUT2D eigenvalue weighted by atomic mass is 9.81. The maximum atomic E-state index is 14.7. The van der Waals surface area contributed by atoms with Crippen LogP contribution in [-0.4, -0.2) is 59.5 Å². The van der Waals surface area contributed by atoms with Crippen LogP contribution in [0.2, 0.25) is 0 Å². The van der Waals surface area contributed by atoms with Gasteiger partial charge in [0.25, 0.3) is 5.91 Å². The summed E-state index contributed by atoms with van der Waals surface area (Å²) in [5, 5.41) is 13.7. The van der Waals surface area contributed by atoms with Crippen LogP contribution in [0.5, 0.6) is 11.5 Å². The van der Waals surface area contributed by atoms with Crippen molar-refractivity contribution >= 4 is 22.7 Å². The molecule has 0 radical (unpaired) electrons. The molecule has 0 bridgehead atoms. The summed E-state index contributed by atoms with van der Waals surface area (Å²) in [6, 6.07) is 11.2. The number of rotatable bonds is 9. The SMILES string of the molecule is C[C@]1(C(N)=O)COc2c1cc(C(O)(CNC(=O)c1cc(OCCF)c3ncccc3c1)C(F)(F)F)nc2-c1ccc(F)cc1. The van der Waals surface area contributed by atoms with Gasteiger partial charge in [0, 0.05) is 28.3 Å².